The normalized spacial score (nSPS) is 12.4. The van der Waals surface area contributed by atoms with Crippen LogP contribution >= 0.6 is 15.9 Å². The summed E-state index contributed by atoms with van der Waals surface area (Å²) in [6.07, 6.45) is 0. The lowest BCUT2D eigenvalue weighted by molar-refractivity contribution is -0.136. The van der Waals surface area contributed by atoms with E-state index < -0.39 is 0 Å². The van der Waals surface area contributed by atoms with E-state index in [9.17, 15) is 4.79 Å². The molecule has 0 aliphatic carbocycles. The molecule has 0 fully saturated rings. The molecule has 0 aliphatic rings. The number of halogens is 1. The van der Waals surface area contributed by atoms with Gasteiger partial charge >= 0.3 is 0 Å². The molecule has 1 unspecified atom stereocenters. The Bertz CT molecular complexity index is 694. The predicted octanol–water partition coefficient (Wildman–Crippen LogP) is 2.64. The molecular formula is C15H22BrN5O2. The number of aromatic nitrogens is 4. The summed E-state index contributed by atoms with van der Waals surface area (Å²) < 4.78 is 7.57. The van der Waals surface area contributed by atoms with E-state index in [4.69, 9.17) is 4.63 Å². The van der Waals surface area contributed by atoms with Gasteiger partial charge in [0.25, 0.3) is 0 Å². The molecule has 2 aromatic heterocycles. The summed E-state index contributed by atoms with van der Waals surface area (Å²) in [4.78, 5) is 14.5. The first kappa shape index (κ1) is 17.7. The fourth-order valence-electron chi connectivity index (χ4n) is 2.42. The van der Waals surface area contributed by atoms with Crippen molar-refractivity contribution in [2.75, 3.05) is 6.54 Å². The van der Waals surface area contributed by atoms with Gasteiger partial charge in [0.2, 0.25) is 5.91 Å². The molecule has 0 spiro atoms. The monoisotopic (exact) mass is 383 g/mol. The molecule has 1 amide bonds. The van der Waals surface area contributed by atoms with Gasteiger partial charge in [-0.05, 0) is 43.6 Å². The lowest BCUT2D eigenvalue weighted by Crippen LogP contribution is -2.36. The van der Waals surface area contributed by atoms with E-state index in [1.165, 1.54) is 0 Å². The molecule has 0 radical (unpaired) electrons. The molecule has 8 heteroatoms. The van der Waals surface area contributed by atoms with Crippen molar-refractivity contribution in [3.63, 3.8) is 0 Å². The quantitative estimate of drug-likeness (QED) is 0.765. The largest absolute Gasteiger partial charge is 0.337 e. The zero-order chi connectivity index (χ0) is 17.1. The van der Waals surface area contributed by atoms with Gasteiger partial charge in [-0.3, -0.25) is 9.48 Å². The van der Waals surface area contributed by atoms with Gasteiger partial charge in [-0.2, -0.15) is 5.10 Å². The topological polar surface area (TPSA) is 77.0 Å². The highest BCUT2D eigenvalue weighted by molar-refractivity contribution is 9.10. The van der Waals surface area contributed by atoms with Crippen LogP contribution in [-0.4, -0.2) is 37.4 Å². The van der Waals surface area contributed by atoms with E-state index in [1.54, 1.807) is 4.90 Å². The third-order valence-corrected chi connectivity index (χ3v) is 5.09. The molecule has 0 bridgehead atoms. The molecular weight excluding hydrogens is 362 g/mol. The van der Waals surface area contributed by atoms with Crippen LogP contribution in [0.25, 0.3) is 0 Å². The summed E-state index contributed by atoms with van der Waals surface area (Å²) in [5, 5.41) is 12.1. The number of amides is 1. The van der Waals surface area contributed by atoms with Crippen LogP contribution in [0.5, 0.6) is 0 Å². The van der Waals surface area contributed by atoms with Crippen molar-refractivity contribution in [2.24, 2.45) is 5.92 Å². The van der Waals surface area contributed by atoms with Crippen molar-refractivity contribution in [1.29, 1.82) is 0 Å². The second-order valence-electron chi connectivity index (χ2n) is 5.72. The van der Waals surface area contributed by atoms with Crippen molar-refractivity contribution < 1.29 is 9.42 Å². The minimum absolute atomic E-state index is 0.0681. The van der Waals surface area contributed by atoms with Crippen LogP contribution in [0, 0.1) is 26.7 Å². The van der Waals surface area contributed by atoms with Gasteiger partial charge in [0.05, 0.1) is 29.2 Å². The lowest BCUT2D eigenvalue weighted by atomic mass is 10.1. The number of rotatable bonds is 6. The zero-order valence-corrected chi connectivity index (χ0v) is 15.7. The molecule has 0 N–H and O–H groups in total. The Labute approximate surface area is 144 Å². The van der Waals surface area contributed by atoms with Gasteiger partial charge < -0.3 is 4.90 Å². The number of carbonyl (C=O) groups is 1. The summed E-state index contributed by atoms with van der Waals surface area (Å²) in [5.41, 5.74) is 3.37. The molecule has 0 saturated heterocycles. The van der Waals surface area contributed by atoms with E-state index in [0.717, 1.165) is 15.9 Å². The highest BCUT2D eigenvalue weighted by Crippen LogP contribution is 2.21. The fraction of sp³-hybridized carbons (Fsp3) is 0.600. The number of hydrogen-bond donors (Lipinski definition) is 0. The van der Waals surface area contributed by atoms with Crippen LogP contribution < -0.4 is 0 Å². The highest BCUT2D eigenvalue weighted by atomic mass is 79.9. The van der Waals surface area contributed by atoms with Crippen molar-refractivity contribution in [2.45, 2.75) is 47.7 Å². The summed E-state index contributed by atoms with van der Waals surface area (Å²) >= 11 is 3.51. The third-order valence-electron chi connectivity index (χ3n) is 3.94. The Morgan fingerprint density at radius 3 is 2.48 bits per heavy atom. The van der Waals surface area contributed by atoms with Crippen LogP contribution in [0.15, 0.2) is 9.10 Å². The van der Waals surface area contributed by atoms with E-state index in [1.807, 2.05) is 39.3 Å². The summed E-state index contributed by atoms with van der Waals surface area (Å²) in [6.45, 7) is 11.2. The number of nitrogens with zero attached hydrogens (tertiary/aromatic N) is 5. The molecule has 23 heavy (non-hydrogen) atoms. The first-order chi connectivity index (χ1) is 10.8. The standard InChI is InChI=1S/C15H22BrN5O2/c1-6-20(8-13-10(3)18-23-19-13)15(22)9(2)7-21-12(5)14(16)11(4)17-21/h9H,6-8H2,1-5H3. The maximum atomic E-state index is 12.7. The van der Waals surface area contributed by atoms with Gasteiger partial charge in [0, 0.05) is 12.2 Å². The first-order valence-electron chi connectivity index (χ1n) is 7.61. The van der Waals surface area contributed by atoms with E-state index in [-0.39, 0.29) is 11.8 Å². The van der Waals surface area contributed by atoms with Crippen LogP contribution in [0.4, 0.5) is 0 Å². The Balaban J connectivity index is 2.07. The molecule has 0 aliphatic heterocycles. The second kappa shape index (κ2) is 7.25. The van der Waals surface area contributed by atoms with Crippen molar-refractivity contribution >= 4 is 21.8 Å². The molecule has 1 atom stereocenters. The van der Waals surface area contributed by atoms with Crippen molar-refractivity contribution in [3.05, 3.63) is 27.2 Å². The first-order valence-corrected chi connectivity index (χ1v) is 8.40. The molecule has 0 aromatic carbocycles. The SMILES string of the molecule is CCN(Cc1nonc1C)C(=O)C(C)Cn1nc(C)c(Br)c1C. The van der Waals surface area contributed by atoms with Crippen LogP contribution in [0.2, 0.25) is 0 Å². The Kier molecular flexibility index (Phi) is 5.56. The number of carbonyl (C=O) groups excluding carboxylic acids is 1. The van der Waals surface area contributed by atoms with Crippen molar-refractivity contribution in [3.8, 4) is 0 Å². The number of aryl methyl sites for hydroxylation is 2. The summed E-state index contributed by atoms with van der Waals surface area (Å²) in [7, 11) is 0. The smallest absolute Gasteiger partial charge is 0.227 e. The Hall–Kier alpha value is -1.70. The maximum absolute atomic E-state index is 12.7. The fourth-order valence-corrected chi connectivity index (χ4v) is 2.71. The Morgan fingerprint density at radius 2 is 2.00 bits per heavy atom. The Morgan fingerprint density at radius 1 is 1.30 bits per heavy atom. The average Bonchev–Trinajstić information content (AvgIpc) is 3.03. The molecule has 0 saturated carbocycles. The van der Waals surface area contributed by atoms with E-state index in [2.05, 4.69) is 31.3 Å². The van der Waals surface area contributed by atoms with Gasteiger partial charge in [-0.25, -0.2) is 4.63 Å². The van der Waals surface area contributed by atoms with Crippen molar-refractivity contribution in [1.82, 2.24) is 25.0 Å². The second-order valence-corrected chi connectivity index (χ2v) is 6.51. The minimum atomic E-state index is -0.181. The van der Waals surface area contributed by atoms with Crippen LogP contribution in [0.1, 0.15) is 36.6 Å². The van der Waals surface area contributed by atoms with E-state index in [0.29, 0.717) is 31.0 Å². The van der Waals surface area contributed by atoms with Gasteiger partial charge in [0.15, 0.2) is 0 Å². The van der Waals surface area contributed by atoms with Crippen LogP contribution in [0.3, 0.4) is 0 Å². The summed E-state index contributed by atoms with van der Waals surface area (Å²) in [5.74, 6) is -0.112. The maximum Gasteiger partial charge on any atom is 0.227 e. The predicted molar refractivity (Wildman–Crippen MR) is 88.7 cm³/mol. The highest BCUT2D eigenvalue weighted by Gasteiger charge is 2.23. The third kappa shape index (κ3) is 3.80. The molecule has 126 valence electrons. The van der Waals surface area contributed by atoms with Gasteiger partial charge in [-0.15, -0.1) is 0 Å². The average molecular weight is 384 g/mol. The number of hydrogen-bond acceptors (Lipinski definition) is 5. The van der Waals surface area contributed by atoms with Crippen LogP contribution in [-0.2, 0) is 17.9 Å². The van der Waals surface area contributed by atoms with Gasteiger partial charge in [-0.1, -0.05) is 17.2 Å². The zero-order valence-electron chi connectivity index (χ0n) is 14.1. The minimum Gasteiger partial charge on any atom is -0.337 e. The van der Waals surface area contributed by atoms with Gasteiger partial charge in [0.1, 0.15) is 11.4 Å². The molecule has 2 aromatic rings. The molecule has 7 nitrogen and oxygen atoms in total. The van der Waals surface area contributed by atoms with E-state index >= 15 is 0 Å². The summed E-state index contributed by atoms with van der Waals surface area (Å²) in [6, 6.07) is 0. The molecule has 2 rings (SSSR count). The molecule has 2 heterocycles. The lowest BCUT2D eigenvalue weighted by Gasteiger charge is -2.24.